The third-order valence-corrected chi connectivity index (χ3v) is 3.42. The summed E-state index contributed by atoms with van der Waals surface area (Å²) < 4.78 is 17.8. The molecular formula is C20H26O3. The molecule has 3 nitrogen and oxygen atoms in total. The summed E-state index contributed by atoms with van der Waals surface area (Å²) in [4.78, 5) is 0. The van der Waals surface area contributed by atoms with Gasteiger partial charge < -0.3 is 14.2 Å². The summed E-state index contributed by atoms with van der Waals surface area (Å²) in [5, 5.41) is 0. The van der Waals surface area contributed by atoms with Crippen molar-refractivity contribution in [2.75, 3.05) is 6.61 Å². The van der Waals surface area contributed by atoms with Gasteiger partial charge in [-0.15, -0.1) is 0 Å². The molecule has 2 aromatic rings. The number of unbranched alkanes of at least 4 members (excludes halogenated alkanes) is 1. The van der Waals surface area contributed by atoms with Crippen molar-refractivity contribution in [1.29, 1.82) is 0 Å². The highest BCUT2D eigenvalue weighted by molar-refractivity contribution is 5.22. The molecule has 0 saturated carbocycles. The fraction of sp³-hybridized carbons (Fsp3) is 0.400. The van der Waals surface area contributed by atoms with Crippen molar-refractivity contribution in [3.05, 3.63) is 60.7 Å². The molecule has 0 bridgehead atoms. The van der Waals surface area contributed by atoms with Crippen LogP contribution in [0.15, 0.2) is 60.7 Å². The summed E-state index contributed by atoms with van der Waals surface area (Å²) >= 11 is 0. The van der Waals surface area contributed by atoms with Gasteiger partial charge in [0.15, 0.2) is 0 Å². The van der Waals surface area contributed by atoms with Crippen LogP contribution in [0.25, 0.3) is 0 Å². The zero-order valence-corrected chi connectivity index (χ0v) is 14.0. The van der Waals surface area contributed by atoms with Gasteiger partial charge in [0.1, 0.15) is 17.6 Å². The van der Waals surface area contributed by atoms with E-state index >= 15 is 0 Å². The summed E-state index contributed by atoms with van der Waals surface area (Å²) in [6.07, 6.45) is 2.51. The number of ether oxygens (including phenoxy) is 3. The van der Waals surface area contributed by atoms with E-state index in [4.69, 9.17) is 14.2 Å². The maximum atomic E-state index is 5.97. The molecule has 0 spiro atoms. The smallest absolute Gasteiger partial charge is 0.203 e. The first kappa shape index (κ1) is 17.4. The maximum absolute atomic E-state index is 5.97. The first-order valence-electron chi connectivity index (χ1n) is 8.33. The highest BCUT2D eigenvalue weighted by atomic mass is 16.7. The Morgan fingerprint density at radius 2 is 1.39 bits per heavy atom. The van der Waals surface area contributed by atoms with Crippen molar-refractivity contribution in [1.82, 2.24) is 0 Å². The molecule has 0 amide bonds. The molecule has 0 heterocycles. The van der Waals surface area contributed by atoms with E-state index in [9.17, 15) is 0 Å². The molecule has 124 valence electrons. The summed E-state index contributed by atoms with van der Waals surface area (Å²) in [7, 11) is 0. The predicted octanol–water partition coefficient (Wildman–Crippen LogP) is 5.07. The van der Waals surface area contributed by atoms with Gasteiger partial charge in [0, 0.05) is 6.42 Å². The van der Waals surface area contributed by atoms with E-state index in [1.807, 2.05) is 67.6 Å². The Morgan fingerprint density at radius 3 is 1.96 bits per heavy atom. The number of para-hydroxylation sites is 2. The largest absolute Gasteiger partial charge is 0.490 e. The molecule has 0 radical (unpaired) electrons. The molecule has 2 unspecified atom stereocenters. The zero-order valence-electron chi connectivity index (χ0n) is 14.0. The van der Waals surface area contributed by atoms with Crippen molar-refractivity contribution in [2.24, 2.45) is 0 Å². The lowest BCUT2D eigenvalue weighted by atomic mass is 10.2. The van der Waals surface area contributed by atoms with Crippen molar-refractivity contribution in [2.45, 2.75) is 45.5 Å². The van der Waals surface area contributed by atoms with Crippen molar-refractivity contribution < 1.29 is 14.2 Å². The molecule has 0 aliphatic rings. The Bertz CT molecular complexity index is 527. The molecule has 2 atom stereocenters. The molecule has 0 aromatic heterocycles. The van der Waals surface area contributed by atoms with Gasteiger partial charge in [0.2, 0.25) is 6.29 Å². The van der Waals surface area contributed by atoms with Crippen LogP contribution in [0.3, 0.4) is 0 Å². The van der Waals surface area contributed by atoms with Crippen molar-refractivity contribution >= 4 is 0 Å². The van der Waals surface area contributed by atoms with E-state index in [2.05, 4.69) is 6.92 Å². The van der Waals surface area contributed by atoms with Gasteiger partial charge in [-0.2, -0.15) is 0 Å². The molecule has 0 aliphatic heterocycles. The quantitative estimate of drug-likeness (QED) is 0.453. The number of rotatable bonds is 10. The van der Waals surface area contributed by atoms with E-state index in [1.54, 1.807) is 0 Å². The first-order valence-corrected chi connectivity index (χ1v) is 8.33. The van der Waals surface area contributed by atoms with Gasteiger partial charge >= 0.3 is 0 Å². The number of hydrogen-bond acceptors (Lipinski definition) is 3. The minimum atomic E-state index is -0.303. The third-order valence-electron chi connectivity index (χ3n) is 3.42. The molecule has 23 heavy (non-hydrogen) atoms. The maximum Gasteiger partial charge on any atom is 0.203 e. The van der Waals surface area contributed by atoms with Crippen LogP contribution in [-0.2, 0) is 4.74 Å². The second-order valence-electron chi connectivity index (χ2n) is 5.56. The van der Waals surface area contributed by atoms with E-state index in [-0.39, 0.29) is 12.4 Å². The van der Waals surface area contributed by atoms with E-state index in [1.165, 1.54) is 0 Å². The van der Waals surface area contributed by atoms with Gasteiger partial charge in [-0.1, -0.05) is 49.7 Å². The van der Waals surface area contributed by atoms with Crippen LogP contribution in [0.2, 0.25) is 0 Å². The lowest BCUT2D eigenvalue weighted by Crippen LogP contribution is -2.28. The summed E-state index contributed by atoms with van der Waals surface area (Å²) in [5.41, 5.74) is 0. The molecule has 2 rings (SSSR count). The van der Waals surface area contributed by atoms with Gasteiger partial charge in [0.05, 0.1) is 6.61 Å². The highest BCUT2D eigenvalue weighted by Gasteiger charge is 2.17. The Balaban J connectivity index is 1.90. The Morgan fingerprint density at radius 1 is 0.826 bits per heavy atom. The molecule has 2 aromatic carbocycles. The topological polar surface area (TPSA) is 27.7 Å². The lowest BCUT2D eigenvalue weighted by molar-refractivity contribution is -0.0982. The fourth-order valence-electron chi connectivity index (χ4n) is 2.21. The van der Waals surface area contributed by atoms with Crippen LogP contribution in [0.4, 0.5) is 0 Å². The minimum absolute atomic E-state index is 0.00717. The molecular weight excluding hydrogens is 288 g/mol. The predicted molar refractivity (Wildman–Crippen MR) is 92.9 cm³/mol. The van der Waals surface area contributed by atoms with Crippen LogP contribution in [0, 0.1) is 0 Å². The Kier molecular flexibility index (Phi) is 7.47. The van der Waals surface area contributed by atoms with Gasteiger partial charge in [-0.25, -0.2) is 0 Å². The average Bonchev–Trinajstić information content (AvgIpc) is 2.57. The van der Waals surface area contributed by atoms with Crippen LogP contribution in [0.1, 0.15) is 33.1 Å². The van der Waals surface area contributed by atoms with Crippen LogP contribution in [0.5, 0.6) is 11.5 Å². The number of hydrogen-bond donors (Lipinski definition) is 0. The van der Waals surface area contributed by atoms with Crippen LogP contribution >= 0.6 is 0 Å². The normalized spacial score (nSPS) is 13.3. The summed E-state index contributed by atoms with van der Waals surface area (Å²) in [6, 6.07) is 19.6. The standard InChI is InChI=1S/C20H26O3/c1-3-4-15-21-20(23-19-13-9-6-10-14-19)16-17(2)22-18-11-7-5-8-12-18/h5-14,17,20H,3-4,15-16H2,1-2H3. The lowest BCUT2D eigenvalue weighted by Gasteiger charge is -2.23. The second-order valence-corrected chi connectivity index (χ2v) is 5.56. The van der Waals surface area contributed by atoms with Gasteiger partial charge in [-0.3, -0.25) is 0 Å². The first-order chi connectivity index (χ1) is 11.3. The van der Waals surface area contributed by atoms with E-state index in [0.29, 0.717) is 13.0 Å². The molecule has 0 fully saturated rings. The minimum Gasteiger partial charge on any atom is -0.490 e. The SMILES string of the molecule is CCCCOC(CC(C)Oc1ccccc1)Oc1ccccc1. The molecule has 0 N–H and O–H groups in total. The van der Waals surface area contributed by atoms with Gasteiger partial charge in [-0.05, 0) is 37.6 Å². The van der Waals surface area contributed by atoms with E-state index < -0.39 is 0 Å². The van der Waals surface area contributed by atoms with Crippen LogP contribution in [-0.4, -0.2) is 19.0 Å². The monoisotopic (exact) mass is 314 g/mol. The van der Waals surface area contributed by atoms with E-state index in [0.717, 1.165) is 24.3 Å². The van der Waals surface area contributed by atoms with Crippen molar-refractivity contribution in [3.8, 4) is 11.5 Å². The number of benzene rings is 2. The fourth-order valence-corrected chi connectivity index (χ4v) is 2.21. The van der Waals surface area contributed by atoms with Crippen LogP contribution < -0.4 is 9.47 Å². The van der Waals surface area contributed by atoms with Gasteiger partial charge in [0.25, 0.3) is 0 Å². The summed E-state index contributed by atoms with van der Waals surface area (Å²) in [6.45, 7) is 4.89. The Hall–Kier alpha value is -2.00. The highest BCUT2D eigenvalue weighted by Crippen LogP contribution is 2.18. The third kappa shape index (κ3) is 6.74. The average molecular weight is 314 g/mol. The Labute approximate surface area is 139 Å². The van der Waals surface area contributed by atoms with Crippen molar-refractivity contribution in [3.63, 3.8) is 0 Å². The second kappa shape index (κ2) is 9.90. The molecule has 3 heteroatoms. The zero-order chi connectivity index (χ0) is 16.3. The molecule has 0 aliphatic carbocycles. The summed E-state index contributed by atoms with van der Waals surface area (Å²) in [5.74, 6) is 1.69. The molecule has 0 saturated heterocycles.